The molecule has 0 unspecified atom stereocenters. The Morgan fingerprint density at radius 1 is 1.02 bits per heavy atom. The lowest BCUT2D eigenvalue weighted by molar-refractivity contribution is -0.144. The number of carbonyl (C=O) groups is 3. The Labute approximate surface area is 262 Å². The first-order valence-corrected chi connectivity index (χ1v) is 15.7. The average Bonchev–Trinajstić information content (AvgIpc) is 3.67. The van der Waals surface area contributed by atoms with Crippen molar-refractivity contribution >= 4 is 28.8 Å². The molecule has 0 saturated carbocycles. The van der Waals surface area contributed by atoms with E-state index in [2.05, 4.69) is 15.6 Å². The standard InChI is InChI=1S/C35H39FN6O3/c1-3-27(37-2)34(44)39-29-21-41(31(43)20-22-8-5-4-6-9-22)19-18-25-16-17-30(42(25)35(29)45)33-38-28-11-7-10-26(32(28)40-33)23-12-14-24(36)15-13-23/h4-15,25,27,29-30,37H,3,16-21H2,1-2H3,(H,38,40)(H,39,44)/t25-,27+,29+,30+/m1/s1. The van der Waals surface area contributed by atoms with Crippen molar-refractivity contribution in [1.82, 2.24) is 30.4 Å². The fourth-order valence-corrected chi connectivity index (χ4v) is 6.72. The summed E-state index contributed by atoms with van der Waals surface area (Å²) >= 11 is 0. The molecule has 2 fully saturated rings. The lowest BCUT2D eigenvalue weighted by Crippen LogP contribution is -2.60. The van der Waals surface area contributed by atoms with Crippen molar-refractivity contribution < 1.29 is 18.8 Å². The first-order chi connectivity index (χ1) is 21.9. The van der Waals surface area contributed by atoms with Gasteiger partial charge in [0.1, 0.15) is 17.7 Å². The molecule has 2 saturated heterocycles. The molecule has 4 aromatic rings. The van der Waals surface area contributed by atoms with Crippen molar-refractivity contribution in [1.29, 1.82) is 0 Å². The molecule has 1 aromatic heterocycles. The van der Waals surface area contributed by atoms with Crippen LogP contribution in [0.25, 0.3) is 22.2 Å². The molecule has 234 valence electrons. The Bertz CT molecular complexity index is 1670. The molecule has 2 aliphatic heterocycles. The van der Waals surface area contributed by atoms with Gasteiger partial charge >= 0.3 is 0 Å². The largest absolute Gasteiger partial charge is 0.341 e. The highest BCUT2D eigenvalue weighted by Gasteiger charge is 2.44. The van der Waals surface area contributed by atoms with E-state index in [1.165, 1.54) is 12.1 Å². The van der Waals surface area contributed by atoms with Gasteiger partial charge in [0.15, 0.2) is 0 Å². The minimum atomic E-state index is -0.901. The summed E-state index contributed by atoms with van der Waals surface area (Å²) in [5.41, 5.74) is 4.22. The Balaban J connectivity index is 1.30. The minimum absolute atomic E-state index is 0.0671. The third kappa shape index (κ3) is 6.33. The van der Waals surface area contributed by atoms with Gasteiger partial charge < -0.3 is 25.4 Å². The van der Waals surface area contributed by atoms with Gasteiger partial charge in [-0.05, 0) is 62.1 Å². The number of hydrogen-bond donors (Lipinski definition) is 3. The van der Waals surface area contributed by atoms with E-state index in [4.69, 9.17) is 4.98 Å². The molecule has 2 aliphatic rings. The number of halogens is 1. The smallest absolute Gasteiger partial charge is 0.247 e. The maximum Gasteiger partial charge on any atom is 0.247 e. The number of imidazole rings is 1. The number of para-hydroxylation sites is 1. The van der Waals surface area contributed by atoms with Gasteiger partial charge in [-0.3, -0.25) is 14.4 Å². The van der Waals surface area contributed by atoms with Crippen molar-refractivity contribution in [2.24, 2.45) is 0 Å². The van der Waals surface area contributed by atoms with E-state index in [1.54, 1.807) is 24.1 Å². The Morgan fingerprint density at radius 3 is 2.53 bits per heavy atom. The van der Waals surface area contributed by atoms with Crippen LogP contribution in [0, 0.1) is 5.82 Å². The van der Waals surface area contributed by atoms with Gasteiger partial charge in [-0.25, -0.2) is 9.37 Å². The molecule has 45 heavy (non-hydrogen) atoms. The number of fused-ring (bicyclic) bond motifs is 2. The monoisotopic (exact) mass is 610 g/mol. The first-order valence-electron chi connectivity index (χ1n) is 15.7. The van der Waals surface area contributed by atoms with E-state index in [0.29, 0.717) is 31.6 Å². The zero-order chi connectivity index (χ0) is 31.5. The van der Waals surface area contributed by atoms with E-state index >= 15 is 0 Å². The van der Waals surface area contributed by atoms with Gasteiger partial charge in [0, 0.05) is 24.7 Å². The molecular weight excluding hydrogens is 571 g/mol. The Hall–Kier alpha value is -4.57. The van der Waals surface area contributed by atoms with E-state index in [1.807, 2.05) is 60.4 Å². The number of benzene rings is 3. The topological polar surface area (TPSA) is 110 Å². The van der Waals surface area contributed by atoms with Crippen LogP contribution in [0.15, 0.2) is 72.8 Å². The van der Waals surface area contributed by atoms with Crippen molar-refractivity contribution in [2.75, 3.05) is 20.1 Å². The van der Waals surface area contributed by atoms with Crippen LogP contribution in [-0.4, -0.2) is 75.8 Å². The van der Waals surface area contributed by atoms with Crippen LogP contribution in [-0.2, 0) is 20.8 Å². The first kappa shape index (κ1) is 30.5. The molecule has 3 N–H and O–H groups in total. The van der Waals surface area contributed by atoms with Crippen LogP contribution < -0.4 is 10.6 Å². The van der Waals surface area contributed by atoms with Gasteiger partial charge in [-0.1, -0.05) is 61.5 Å². The van der Waals surface area contributed by atoms with E-state index in [9.17, 15) is 18.8 Å². The lowest BCUT2D eigenvalue weighted by atomic mass is 10.0. The molecule has 4 atom stereocenters. The number of aromatic amines is 1. The number of carbonyl (C=O) groups excluding carboxylic acids is 3. The zero-order valence-corrected chi connectivity index (χ0v) is 25.6. The van der Waals surface area contributed by atoms with Crippen molar-refractivity contribution in [3.8, 4) is 11.1 Å². The summed E-state index contributed by atoms with van der Waals surface area (Å²) < 4.78 is 13.6. The van der Waals surface area contributed by atoms with Crippen LogP contribution in [0.3, 0.4) is 0 Å². The molecule has 3 heterocycles. The van der Waals surface area contributed by atoms with Gasteiger partial charge in [-0.2, -0.15) is 0 Å². The Kier molecular flexibility index (Phi) is 8.93. The summed E-state index contributed by atoms with van der Waals surface area (Å²) in [5.74, 6) is -0.169. The second-order valence-electron chi connectivity index (χ2n) is 11.9. The number of likely N-dealkylation sites (N-methyl/N-ethyl adjacent to an activating group) is 1. The third-order valence-electron chi connectivity index (χ3n) is 9.13. The second-order valence-corrected chi connectivity index (χ2v) is 11.9. The number of rotatable bonds is 8. The van der Waals surface area contributed by atoms with Gasteiger partial charge in [0.2, 0.25) is 17.7 Å². The maximum atomic E-state index is 14.4. The van der Waals surface area contributed by atoms with Gasteiger partial charge in [0.05, 0.1) is 29.5 Å². The van der Waals surface area contributed by atoms with Crippen LogP contribution in [0.5, 0.6) is 0 Å². The number of nitrogens with zero attached hydrogens (tertiary/aromatic N) is 3. The molecule has 10 heteroatoms. The predicted octanol–water partition coefficient (Wildman–Crippen LogP) is 4.36. The molecule has 0 aliphatic carbocycles. The molecule has 0 bridgehead atoms. The summed E-state index contributed by atoms with van der Waals surface area (Å²) in [6.45, 7) is 2.49. The number of amides is 3. The summed E-state index contributed by atoms with van der Waals surface area (Å²) in [5, 5.41) is 6.00. The summed E-state index contributed by atoms with van der Waals surface area (Å²) in [4.78, 5) is 53.3. The van der Waals surface area contributed by atoms with E-state index in [0.717, 1.165) is 34.1 Å². The highest BCUT2D eigenvalue weighted by Crippen LogP contribution is 2.39. The number of aromatic nitrogens is 2. The van der Waals surface area contributed by atoms with Crippen molar-refractivity contribution in [3.05, 3.63) is 90.0 Å². The van der Waals surface area contributed by atoms with Gasteiger partial charge in [0.25, 0.3) is 0 Å². The minimum Gasteiger partial charge on any atom is -0.341 e. The molecule has 0 radical (unpaired) electrons. The van der Waals surface area contributed by atoms with Gasteiger partial charge in [-0.15, -0.1) is 0 Å². The van der Waals surface area contributed by atoms with Crippen LogP contribution >= 0.6 is 0 Å². The zero-order valence-electron chi connectivity index (χ0n) is 25.6. The highest BCUT2D eigenvalue weighted by atomic mass is 19.1. The molecule has 0 spiro atoms. The number of hydrogen-bond acceptors (Lipinski definition) is 5. The predicted molar refractivity (Wildman–Crippen MR) is 171 cm³/mol. The van der Waals surface area contributed by atoms with E-state index < -0.39 is 12.1 Å². The van der Waals surface area contributed by atoms with E-state index in [-0.39, 0.29) is 48.6 Å². The Morgan fingerprint density at radius 2 is 1.80 bits per heavy atom. The summed E-state index contributed by atoms with van der Waals surface area (Å²) in [7, 11) is 1.72. The fourth-order valence-electron chi connectivity index (χ4n) is 6.72. The normalized spacial score (nSPS) is 20.9. The maximum absolute atomic E-state index is 14.4. The molecule has 6 rings (SSSR count). The van der Waals surface area contributed by atoms with Crippen LogP contribution in [0.4, 0.5) is 4.39 Å². The highest BCUT2D eigenvalue weighted by molar-refractivity contribution is 5.93. The molecule has 9 nitrogen and oxygen atoms in total. The number of H-pyrrole nitrogens is 1. The fraction of sp³-hybridized carbons (Fsp3) is 0.371. The molecular formula is C35H39FN6O3. The van der Waals surface area contributed by atoms with Crippen LogP contribution in [0.2, 0.25) is 0 Å². The van der Waals surface area contributed by atoms with Crippen LogP contribution in [0.1, 0.15) is 50.0 Å². The average molecular weight is 611 g/mol. The quantitative estimate of drug-likeness (QED) is 0.275. The van der Waals surface area contributed by atoms with Crippen molar-refractivity contribution in [2.45, 2.75) is 63.2 Å². The second kappa shape index (κ2) is 13.2. The molecule has 3 aromatic carbocycles. The number of nitrogens with one attached hydrogen (secondary N) is 3. The summed E-state index contributed by atoms with van der Waals surface area (Å²) in [6.07, 6.45) is 2.89. The lowest BCUT2D eigenvalue weighted by Gasteiger charge is -2.39. The SMILES string of the molecule is CC[C@H](NC)C(=O)N[C@H]1CN(C(=O)Cc2ccccc2)CC[C@H]2CC[C@@H](c3nc4c(-c5ccc(F)cc5)cccc4[nH]3)N2C1=O. The van der Waals surface area contributed by atoms with Crippen molar-refractivity contribution in [3.63, 3.8) is 0 Å². The molecule has 3 amide bonds. The third-order valence-corrected chi connectivity index (χ3v) is 9.13. The summed E-state index contributed by atoms with van der Waals surface area (Å²) in [6, 6.07) is 20.0.